The molecular weight excluding hydrogens is 260 g/mol. The number of ether oxygens (including phenoxy) is 1. The van der Waals surface area contributed by atoms with Crippen LogP contribution in [0.4, 0.5) is 0 Å². The molecule has 0 radical (unpaired) electrons. The quantitative estimate of drug-likeness (QED) is 0.700. The van der Waals surface area contributed by atoms with Gasteiger partial charge >= 0.3 is 0 Å². The number of hydrogen-bond acceptors (Lipinski definition) is 2. The fourth-order valence-electron chi connectivity index (χ4n) is 3.00. The number of aldehydes is 1. The lowest BCUT2D eigenvalue weighted by Gasteiger charge is -2.35. The van der Waals surface area contributed by atoms with Crippen molar-refractivity contribution in [3.63, 3.8) is 0 Å². The van der Waals surface area contributed by atoms with E-state index < -0.39 is 0 Å². The zero-order valence-corrected chi connectivity index (χ0v) is 12.1. The van der Waals surface area contributed by atoms with Gasteiger partial charge in [-0.15, -0.1) is 0 Å². The Balaban J connectivity index is 1.61. The van der Waals surface area contributed by atoms with E-state index in [4.69, 9.17) is 4.74 Å². The summed E-state index contributed by atoms with van der Waals surface area (Å²) in [4.78, 5) is 10.4. The molecule has 0 N–H and O–H groups in total. The van der Waals surface area contributed by atoms with Gasteiger partial charge in [0, 0.05) is 6.42 Å². The van der Waals surface area contributed by atoms with Gasteiger partial charge in [0.15, 0.2) is 0 Å². The maximum absolute atomic E-state index is 10.4. The molecule has 108 valence electrons. The van der Waals surface area contributed by atoms with E-state index in [9.17, 15) is 4.79 Å². The van der Waals surface area contributed by atoms with E-state index in [-0.39, 0.29) is 0 Å². The Morgan fingerprint density at radius 1 is 1.00 bits per heavy atom. The lowest BCUT2D eigenvalue weighted by Crippen LogP contribution is -2.21. The maximum Gasteiger partial charge on any atom is 0.127 e. The maximum atomic E-state index is 10.4. The minimum absolute atomic E-state index is 0.626. The van der Waals surface area contributed by atoms with Crippen molar-refractivity contribution in [3.8, 4) is 11.5 Å². The molecule has 1 fully saturated rings. The van der Waals surface area contributed by atoms with Gasteiger partial charge in [0.05, 0.1) is 0 Å². The number of carbonyl (C=O) groups excluding carboxylic acids is 1. The molecule has 0 spiro atoms. The van der Waals surface area contributed by atoms with Crippen molar-refractivity contribution in [2.24, 2.45) is 5.92 Å². The summed E-state index contributed by atoms with van der Waals surface area (Å²) in [5.41, 5.74) is 1.35. The molecule has 1 aliphatic rings. The summed E-state index contributed by atoms with van der Waals surface area (Å²) in [5, 5.41) is 0. The summed E-state index contributed by atoms with van der Waals surface area (Å²) in [6, 6.07) is 18.2. The van der Waals surface area contributed by atoms with E-state index in [1.54, 1.807) is 0 Å². The zero-order valence-electron chi connectivity index (χ0n) is 12.1. The van der Waals surface area contributed by atoms with Gasteiger partial charge in [-0.1, -0.05) is 30.3 Å². The minimum atomic E-state index is 0.626. The first-order valence-electron chi connectivity index (χ1n) is 7.61. The molecule has 0 aliphatic heterocycles. The van der Waals surface area contributed by atoms with Crippen LogP contribution in [-0.4, -0.2) is 6.29 Å². The van der Waals surface area contributed by atoms with Crippen LogP contribution in [-0.2, 0) is 4.79 Å². The summed E-state index contributed by atoms with van der Waals surface area (Å²) in [6.07, 6.45) is 5.17. The first-order valence-corrected chi connectivity index (χ1v) is 7.61. The number of hydrogen-bond donors (Lipinski definition) is 0. The zero-order chi connectivity index (χ0) is 14.5. The molecular formula is C19H20O2. The minimum Gasteiger partial charge on any atom is -0.457 e. The molecule has 2 heteroatoms. The lowest BCUT2D eigenvalue weighted by atomic mass is 9.70. The second-order valence-corrected chi connectivity index (χ2v) is 5.77. The highest BCUT2D eigenvalue weighted by atomic mass is 16.5. The Morgan fingerprint density at radius 3 is 2.52 bits per heavy atom. The summed E-state index contributed by atoms with van der Waals surface area (Å²) in [6.45, 7) is 0. The SMILES string of the molecule is O=CCC[C@H]1C[C@@H](c2cccc(Oc3ccccc3)c2)C1. The predicted molar refractivity (Wildman–Crippen MR) is 83.7 cm³/mol. The smallest absolute Gasteiger partial charge is 0.127 e. The standard InChI is InChI=1S/C19H20O2/c20-11-5-6-15-12-17(13-15)16-7-4-10-19(14-16)21-18-8-2-1-3-9-18/h1-4,7-11,14-15,17H,5-6,12-13H2/t15-,17+. The molecule has 2 aromatic rings. The molecule has 0 bridgehead atoms. The fraction of sp³-hybridized carbons (Fsp3) is 0.316. The van der Waals surface area contributed by atoms with Gasteiger partial charge in [0.2, 0.25) is 0 Å². The molecule has 0 unspecified atom stereocenters. The van der Waals surface area contributed by atoms with Crippen LogP contribution in [0, 0.1) is 5.92 Å². The highest BCUT2D eigenvalue weighted by Crippen LogP contribution is 2.44. The van der Waals surface area contributed by atoms with Crippen LogP contribution in [0.3, 0.4) is 0 Å². The van der Waals surface area contributed by atoms with E-state index >= 15 is 0 Å². The number of carbonyl (C=O) groups is 1. The third-order valence-corrected chi connectivity index (χ3v) is 4.24. The van der Waals surface area contributed by atoms with Crippen molar-refractivity contribution in [3.05, 3.63) is 60.2 Å². The summed E-state index contributed by atoms with van der Waals surface area (Å²) < 4.78 is 5.88. The van der Waals surface area contributed by atoms with E-state index in [1.807, 2.05) is 36.4 Å². The van der Waals surface area contributed by atoms with Crippen molar-refractivity contribution in [2.75, 3.05) is 0 Å². The van der Waals surface area contributed by atoms with Crippen molar-refractivity contribution in [1.29, 1.82) is 0 Å². The highest BCUT2D eigenvalue weighted by molar-refractivity contribution is 5.49. The average molecular weight is 280 g/mol. The monoisotopic (exact) mass is 280 g/mol. The summed E-state index contributed by atoms with van der Waals surface area (Å²) >= 11 is 0. The Kier molecular flexibility index (Phi) is 4.34. The molecule has 0 aromatic heterocycles. The number of para-hydroxylation sites is 1. The van der Waals surface area contributed by atoms with E-state index in [0.717, 1.165) is 30.1 Å². The third-order valence-electron chi connectivity index (χ3n) is 4.24. The van der Waals surface area contributed by atoms with Crippen molar-refractivity contribution >= 4 is 6.29 Å². The van der Waals surface area contributed by atoms with Gasteiger partial charge in [-0.25, -0.2) is 0 Å². The van der Waals surface area contributed by atoms with Gasteiger partial charge in [-0.3, -0.25) is 0 Å². The van der Waals surface area contributed by atoms with Crippen LogP contribution < -0.4 is 4.74 Å². The first-order chi connectivity index (χ1) is 10.3. The predicted octanol–water partition coefficient (Wildman–Crippen LogP) is 4.95. The van der Waals surface area contributed by atoms with Gasteiger partial charge in [0.1, 0.15) is 17.8 Å². The molecule has 2 nitrogen and oxygen atoms in total. The van der Waals surface area contributed by atoms with Gasteiger partial charge < -0.3 is 9.53 Å². The second kappa shape index (κ2) is 6.57. The molecule has 1 aliphatic carbocycles. The Bertz CT molecular complexity index is 586. The van der Waals surface area contributed by atoms with Gasteiger partial charge in [-0.2, -0.15) is 0 Å². The summed E-state index contributed by atoms with van der Waals surface area (Å²) in [7, 11) is 0. The molecule has 1 saturated carbocycles. The molecule has 0 amide bonds. The summed E-state index contributed by atoms with van der Waals surface area (Å²) in [5.74, 6) is 3.11. The molecule has 0 saturated heterocycles. The van der Waals surface area contributed by atoms with Crippen LogP contribution in [0.2, 0.25) is 0 Å². The molecule has 3 rings (SSSR count). The topological polar surface area (TPSA) is 26.3 Å². The normalized spacial score (nSPS) is 20.6. The largest absolute Gasteiger partial charge is 0.457 e. The van der Waals surface area contributed by atoms with Crippen LogP contribution in [0.25, 0.3) is 0 Å². The Morgan fingerprint density at radius 2 is 1.76 bits per heavy atom. The fourth-order valence-corrected chi connectivity index (χ4v) is 3.00. The van der Waals surface area contributed by atoms with Crippen molar-refractivity contribution in [1.82, 2.24) is 0 Å². The average Bonchev–Trinajstić information content (AvgIpc) is 2.47. The Hall–Kier alpha value is -2.09. The number of rotatable bonds is 6. The van der Waals surface area contributed by atoms with Crippen LogP contribution in [0.5, 0.6) is 11.5 Å². The van der Waals surface area contributed by atoms with E-state index in [0.29, 0.717) is 12.3 Å². The third kappa shape index (κ3) is 3.52. The second-order valence-electron chi connectivity index (χ2n) is 5.77. The molecule has 21 heavy (non-hydrogen) atoms. The van der Waals surface area contributed by atoms with E-state index in [1.165, 1.54) is 18.4 Å². The van der Waals surface area contributed by atoms with Crippen molar-refractivity contribution < 1.29 is 9.53 Å². The van der Waals surface area contributed by atoms with Crippen LogP contribution in [0.1, 0.15) is 37.2 Å². The lowest BCUT2D eigenvalue weighted by molar-refractivity contribution is -0.108. The molecule has 2 aromatic carbocycles. The first kappa shape index (κ1) is 13.9. The number of benzene rings is 2. The van der Waals surface area contributed by atoms with Crippen LogP contribution in [0.15, 0.2) is 54.6 Å². The molecule has 0 heterocycles. The highest BCUT2D eigenvalue weighted by Gasteiger charge is 2.29. The van der Waals surface area contributed by atoms with Gasteiger partial charge in [0.25, 0.3) is 0 Å². The van der Waals surface area contributed by atoms with Crippen molar-refractivity contribution in [2.45, 2.75) is 31.6 Å². The molecule has 0 atom stereocenters. The van der Waals surface area contributed by atoms with Crippen LogP contribution >= 0.6 is 0 Å². The Labute approximate surface area is 125 Å². The van der Waals surface area contributed by atoms with E-state index in [2.05, 4.69) is 18.2 Å². The van der Waals surface area contributed by atoms with Gasteiger partial charge in [-0.05, 0) is 60.9 Å².